The molecule has 0 saturated carbocycles. The van der Waals surface area contributed by atoms with E-state index in [1.54, 1.807) is 25.6 Å². The van der Waals surface area contributed by atoms with E-state index in [2.05, 4.69) is 4.90 Å². The van der Waals surface area contributed by atoms with Gasteiger partial charge in [0.25, 0.3) is 5.91 Å². The summed E-state index contributed by atoms with van der Waals surface area (Å²) < 4.78 is 11.9. The minimum absolute atomic E-state index is 0.0901. The van der Waals surface area contributed by atoms with E-state index in [-0.39, 0.29) is 5.91 Å². The highest BCUT2D eigenvalue weighted by Crippen LogP contribution is 2.40. The van der Waals surface area contributed by atoms with Crippen molar-refractivity contribution in [2.45, 2.75) is 6.92 Å². The first kappa shape index (κ1) is 18.6. The van der Waals surface area contributed by atoms with Crippen LogP contribution in [-0.2, 0) is 0 Å². The molecule has 7 heteroatoms. The highest BCUT2D eigenvalue weighted by atomic mass is 32.1. The fourth-order valence-electron chi connectivity index (χ4n) is 3.39. The SMILES string of the molecule is COc1ccc(OC)c2sc(N3CCN(C(=O)c4ccc(C)cc4)CC3)nc12. The summed E-state index contributed by atoms with van der Waals surface area (Å²) in [6.07, 6.45) is 0. The molecular formula is C21H23N3O3S. The topological polar surface area (TPSA) is 54.9 Å². The molecule has 146 valence electrons. The van der Waals surface area contributed by atoms with Crippen LogP contribution < -0.4 is 14.4 Å². The molecule has 3 aromatic rings. The van der Waals surface area contributed by atoms with Gasteiger partial charge in [0, 0.05) is 31.7 Å². The summed E-state index contributed by atoms with van der Waals surface area (Å²) in [5, 5.41) is 0.931. The number of piperazine rings is 1. The first-order chi connectivity index (χ1) is 13.6. The fourth-order valence-corrected chi connectivity index (χ4v) is 4.52. The van der Waals surface area contributed by atoms with E-state index in [4.69, 9.17) is 14.5 Å². The van der Waals surface area contributed by atoms with Crippen LogP contribution in [-0.4, -0.2) is 56.2 Å². The number of carbonyl (C=O) groups is 1. The largest absolute Gasteiger partial charge is 0.495 e. The molecule has 1 aliphatic rings. The Hall–Kier alpha value is -2.80. The van der Waals surface area contributed by atoms with Crippen molar-refractivity contribution in [3.63, 3.8) is 0 Å². The molecular weight excluding hydrogens is 374 g/mol. The van der Waals surface area contributed by atoms with E-state index >= 15 is 0 Å². The van der Waals surface area contributed by atoms with Gasteiger partial charge < -0.3 is 19.3 Å². The van der Waals surface area contributed by atoms with E-state index < -0.39 is 0 Å². The smallest absolute Gasteiger partial charge is 0.253 e. The van der Waals surface area contributed by atoms with Crippen molar-refractivity contribution < 1.29 is 14.3 Å². The van der Waals surface area contributed by atoms with Gasteiger partial charge in [-0.05, 0) is 31.2 Å². The number of rotatable bonds is 4. The number of fused-ring (bicyclic) bond motifs is 1. The Labute approximate surface area is 168 Å². The van der Waals surface area contributed by atoms with Gasteiger partial charge in [-0.15, -0.1) is 0 Å². The number of thiazole rings is 1. The molecule has 2 aromatic carbocycles. The predicted octanol–water partition coefficient (Wildman–Crippen LogP) is 3.58. The number of anilines is 1. The maximum Gasteiger partial charge on any atom is 0.253 e. The van der Waals surface area contributed by atoms with Crippen molar-refractivity contribution in [2.75, 3.05) is 45.3 Å². The standard InChI is InChI=1S/C21H23N3O3S/c1-14-4-6-15(7-5-14)20(25)23-10-12-24(13-11-23)21-22-18-16(26-2)8-9-17(27-3)19(18)28-21/h4-9H,10-13H2,1-3H3. The van der Waals surface area contributed by atoms with Crippen LogP contribution >= 0.6 is 11.3 Å². The van der Waals surface area contributed by atoms with Crippen molar-refractivity contribution in [1.82, 2.24) is 9.88 Å². The molecule has 1 amide bonds. The lowest BCUT2D eigenvalue weighted by Crippen LogP contribution is -2.48. The van der Waals surface area contributed by atoms with E-state index in [9.17, 15) is 4.79 Å². The summed E-state index contributed by atoms with van der Waals surface area (Å²) >= 11 is 1.60. The minimum Gasteiger partial charge on any atom is -0.495 e. The van der Waals surface area contributed by atoms with Gasteiger partial charge in [0.2, 0.25) is 0 Å². The molecule has 1 fully saturated rings. The second-order valence-electron chi connectivity index (χ2n) is 6.79. The van der Waals surface area contributed by atoms with Crippen LogP contribution in [0.15, 0.2) is 36.4 Å². The number of ether oxygens (including phenoxy) is 2. The van der Waals surface area contributed by atoms with Crippen molar-refractivity contribution in [3.8, 4) is 11.5 Å². The first-order valence-corrected chi connectivity index (χ1v) is 10.0. The number of benzene rings is 2. The molecule has 2 heterocycles. The van der Waals surface area contributed by atoms with Crippen LogP contribution in [0.4, 0.5) is 5.13 Å². The summed E-state index contributed by atoms with van der Waals surface area (Å²) in [7, 11) is 3.31. The average Bonchev–Trinajstić information content (AvgIpc) is 3.19. The van der Waals surface area contributed by atoms with Crippen molar-refractivity contribution >= 4 is 32.6 Å². The van der Waals surface area contributed by atoms with Crippen LogP contribution in [0.25, 0.3) is 10.2 Å². The third-order valence-corrected chi connectivity index (χ3v) is 6.17. The summed E-state index contributed by atoms with van der Waals surface area (Å²) in [6.45, 7) is 4.88. The molecule has 1 saturated heterocycles. The van der Waals surface area contributed by atoms with Crippen LogP contribution in [0.5, 0.6) is 11.5 Å². The van der Waals surface area contributed by atoms with Gasteiger partial charge in [-0.25, -0.2) is 4.98 Å². The maximum absolute atomic E-state index is 12.7. The second kappa shape index (κ2) is 7.67. The third kappa shape index (κ3) is 3.38. The van der Waals surface area contributed by atoms with Crippen LogP contribution in [0.1, 0.15) is 15.9 Å². The zero-order valence-electron chi connectivity index (χ0n) is 16.3. The van der Waals surface area contributed by atoms with Crippen LogP contribution in [0, 0.1) is 6.92 Å². The number of methoxy groups -OCH3 is 2. The molecule has 0 radical (unpaired) electrons. The van der Waals surface area contributed by atoms with Gasteiger partial charge in [-0.2, -0.15) is 0 Å². The normalized spacial score (nSPS) is 14.4. The Morgan fingerprint density at radius 3 is 2.25 bits per heavy atom. The molecule has 0 unspecified atom stereocenters. The summed E-state index contributed by atoms with van der Waals surface area (Å²) in [5.41, 5.74) is 2.72. The Bertz CT molecular complexity index is 951. The minimum atomic E-state index is 0.0901. The van der Waals surface area contributed by atoms with Gasteiger partial charge in [-0.3, -0.25) is 4.79 Å². The lowest BCUT2D eigenvalue weighted by atomic mass is 10.1. The van der Waals surface area contributed by atoms with Gasteiger partial charge in [0.05, 0.1) is 14.2 Å². The Kier molecular flexibility index (Phi) is 5.09. The number of aryl methyl sites for hydroxylation is 1. The summed E-state index contributed by atoms with van der Waals surface area (Å²) in [6, 6.07) is 11.5. The molecule has 0 N–H and O–H groups in total. The zero-order chi connectivity index (χ0) is 19.7. The summed E-state index contributed by atoms with van der Waals surface area (Å²) in [5.74, 6) is 1.63. The van der Waals surface area contributed by atoms with Crippen molar-refractivity contribution in [2.24, 2.45) is 0 Å². The molecule has 1 aliphatic heterocycles. The van der Waals surface area contributed by atoms with Gasteiger partial charge in [0.15, 0.2) is 5.13 Å². The second-order valence-corrected chi connectivity index (χ2v) is 7.77. The van der Waals surface area contributed by atoms with E-state index in [0.717, 1.165) is 51.1 Å². The van der Waals surface area contributed by atoms with Gasteiger partial charge >= 0.3 is 0 Å². The van der Waals surface area contributed by atoms with Gasteiger partial charge in [-0.1, -0.05) is 29.0 Å². The molecule has 0 spiro atoms. The quantitative estimate of drug-likeness (QED) is 0.674. The Morgan fingerprint density at radius 2 is 1.61 bits per heavy atom. The molecule has 0 aliphatic carbocycles. The third-order valence-electron chi connectivity index (χ3n) is 5.03. The number of aromatic nitrogens is 1. The Morgan fingerprint density at radius 1 is 0.964 bits per heavy atom. The molecule has 0 atom stereocenters. The average molecular weight is 398 g/mol. The number of hydrogen-bond acceptors (Lipinski definition) is 6. The number of nitrogens with zero attached hydrogens (tertiary/aromatic N) is 3. The molecule has 4 rings (SSSR count). The van der Waals surface area contributed by atoms with E-state index in [1.807, 2.05) is 48.2 Å². The number of amides is 1. The predicted molar refractivity (Wildman–Crippen MR) is 112 cm³/mol. The van der Waals surface area contributed by atoms with Crippen LogP contribution in [0.2, 0.25) is 0 Å². The van der Waals surface area contributed by atoms with Crippen LogP contribution in [0.3, 0.4) is 0 Å². The maximum atomic E-state index is 12.7. The number of carbonyl (C=O) groups excluding carboxylic acids is 1. The molecule has 6 nitrogen and oxygen atoms in total. The molecule has 1 aromatic heterocycles. The first-order valence-electron chi connectivity index (χ1n) is 9.23. The zero-order valence-corrected chi connectivity index (χ0v) is 17.1. The monoisotopic (exact) mass is 397 g/mol. The lowest BCUT2D eigenvalue weighted by molar-refractivity contribution is 0.0747. The molecule has 0 bridgehead atoms. The van der Waals surface area contributed by atoms with Gasteiger partial charge in [0.1, 0.15) is 21.7 Å². The molecule has 28 heavy (non-hydrogen) atoms. The fraction of sp³-hybridized carbons (Fsp3) is 0.333. The number of hydrogen-bond donors (Lipinski definition) is 0. The summed E-state index contributed by atoms with van der Waals surface area (Å²) in [4.78, 5) is 21.6. The van der Waals surface area contributed by atoms with Crippen molar-refractivity contribution in [1.29, 1.82) is 0 Å². The van der Waals surface area contributed by atoms with Crippen molar-refractivity contribution in [3.05, 3.63) is 47.5 Å². The lowest BCUT2D eigenvalue weighted by Gasteiger charge is -2.34. The highest BCUT2D eigenvalue weighted by Gasteiger charge is 2.25. The Balaban J connectivity index is 1.50. The van der Waals surface area contributed by atoms with E-state index in [0.29, 0.717) is 13.1 Å². The van der Waals surface area contributed by atoms with E-state index in [1.165, 1.54) is 0 Å². The highest BCUT2D eigenvalue weighted by molar-refractivity contribution is 7.22.